The Morgan fingerprint density at radius 3 is 2.57 bits per heavy atom. The standard InChI is InChI=1S/C27H30F3N2O8PS/c1-15(2)38-25(36)16(3)31-41(42,40-20-10-6-8-17-7-4-5-9-19(17)20)37-14-27(26(29)30)23(35)22(28)24(39-27)32-12-11-18(33)13-21(32)34/h4-12,15-16,22-24,26,35H,13-14H2,1-3H3,(H,31,42)/t16-,22+,23-,24+,27+,41?/m0/s1. The first kappa shape index (κ1) is 32.1. The topological polar surface area (TPSA) is 124 Å². The highest BCUT2D eigenvalue weighted by molar-refractivity contribution is 8.09. The first-order valence-electron chi connectivity index (χ1n) is 13.0. The van der Waals surface area contributed by atoms with Crippen LogP contribution in [0.5, 0.6) is 5.75 Å². The third kappa shape index (κ3) is 6.69. The lowest BCUT2D eigenvalue weighted by atomic mass is 9.97. The number of aliphatic hydroxyl groups is 1. The number of alkyl halides is 3. The first-order valence-corrected chi connectivity index (χ1v) is 15.6. The Hall–Kier alpha value is -2.87. The third-order valence-corrected chi connectivity index (χ3v) is 9.04. The van der Waals surface area contributed by atoms with Crippen LogP contribution in [0.4, 0.5) is 13.2 Å². The van der Waals surface area contributed by atoms with E-state index in [4.69, 9.17) is 30.3 Å². The van der Waals surface area contributed by atoms with Gasteiger partial charge in [-0.05, 0) is 50.1 Å². The van der Waals surface area contributed by atoms with E-state index in [0.717, 1.165) is 17.7 Å². The molecule has 15 heteroatoms. The molecule has 0 aromatic heterocycles. The number of fused-ring (bicyclic) bond motifs is 1. The van der Waals surface area contributed by atoms with Crippen molar-refractivity contribution in [3.8, 4) is 5.75 Å². The van der Waals surface area contributed by atoms with Gasteiger partial charge in [0.25, 0.3) is 6.43 Å². The Balaban J connectivity index is 1.65. The minimum absolute atomic E-state index is 0.210. The second kappa shape index (κ2) is 12.8. The van der Waals surface area contributed by atoms with Crippen molar-refractivity contribution >= 4 is 46.9 Å². The van der Waals surface area contributed by atoms with E-state index in [1.54, 1.807) is 44.2 Å². The maximum atomic E-state index is 15.3. The maximum absolute atomic E-state index is 15.3. The average Bonchev–Trinajstić information content (AvgIpc) is 3.18. The minimum atomic E-state index is -3.96. The number of nitrogens with one attached hydrogen (secondary N) is 1. The van der Waals surface area contributed by atoms with Gasteiger partial charge in [-0.1, -0.05) is 36.4 Å². The van der Waals surface area contributed by atoms with Crippen LogP contribution in [0, 0.1) is 0 Å². The van der Waals surface area contributed by atoms with Crippen LogP contribution >= 0.6 is 6.64 Å². The molecule has 2 aromatic carbocycles. The van der Waals surface area contributed by atoms with Crippen LogP contribution in [0.15, 0.2) is 54.7 Å². The summed E-state index contributed by atoms with van der Waals surface area (Å²) >= 11 is 5.64. The van der Waals surface area contributed by atoms with Gasteiger partial charge < -0.3 is 23.6 Å². The fourth-order valence-corrected chi connectivity index (χ4v) is 6.86. The van der Waals surface area contributed by atoms with Crippen molar-refractivity contribution in [1.82, 2.24) is 9.99 Å². The molecule has 42 heavy (non-hydrogen) atoms. The van der Waals surface area contributed by atoms with Crippen molar-refractivity contribution in [2.24, 2.45) is 0 Å². The summed E-state index contributed by atoms with van der Waals surface area (Å²) in [5, 5.41) is 14.8. The van der Waals surface area contributed by atoms with E-state index in [1.807, 2.05) is 12.1 Å². The molecule has 0 radical (unpaired) electrons. The van der Waals surface area contributed by atoms with Crippen molar-refractivity contribution in [3.63, 3.8) is 0 Å². The molecule has 1 unspecified atom stereocenters. The van der Waals surface area contributed by atoms with E-state index in [9.17, 15) is 28.3 Å². The van der Waals surface area contributed by atoms with Crippen LogP contribution in [0.3, 0.4) is 0 Å². The smallest absolute Gasteiger partial charge is 0.323 e. The van der Waals surface area contributed by atoms with Crippen LogP contribution in [0.2, 0.25) is 0 Å². The van der Waals surface area contributed by atoms with Crippen molar-refractivity contribution in [2.45, 2.75) is 69.9 Å². The molecule has 1 amide bonds. The number of hydrogen-bond donors (Lipinski definition) is 2. The SMILES string of the molecule is CC(C)OC(=O)[C@H](C)NP(=S)(OC[C@@]1(C(F)F)O[C@@H](N2C=CC(=O)CC2=O)[C@H](F)[C@@H]1O)Oc1cccc2ccccc12. The van der Waals surface area contributed by atoms with Crippen LogP contribution < -0.4 is 9.61 Å². The van der Waals surface area contributed by atoms with Gasteiger partial charge >= 0.3 is 12.6 Å². The number of ketones is 1. The molecule has 2 N–H and O–H groups in total. The second-order valence-corrected chi connectivity index (χ2v) is 13.2. The van der Waals surface area contributed by atoms with E-state index in [2.05, 4.69) is 5.09 Å². The monoisotopic (exact) mass is 630 g/mol. The van der Waals surface area contributed by atoms with Gasteiger partial charge in [0.1, 0.15) is 17.9 Å². The lowest BCUT2D eigenvalue weighted by molar-refractivity contribution is -0.199. The molecule has 4 rings (SSSR count). The van der Waals surface area contributed by atoms with Gasteiger partial charge in [-0.25, -0.2) is 18.3 Å². The number of carbonyl (C=O) groups excluding carboxylic acids is 3. The molecule has 2 aliphatic rings. The number of halogens is 3. The number of aliphatic hydroxyl groups excluding tert-OH is 1. The van der Waals surface area contributed by atoms with Crippen molar-refractivity contribution < 1.29 is 51.2 Å². The quantitative estimate of drug-likeness (QED) is 0.216. The molecule has 10 nitrogen and oxygen atoms in total. The van der Waals surface area contributed by atoms with Gasteiger partial charge in [0.15, 0.2) is 23.8 Å². The summed E-state index contributed by atoms with van der Waals surface area (Å²) in [6.45, 7) is -0.459. The number of carbonyl (C=O) groups is 3. The van der Waals surface area contributed by atoms with E-state index in [0.29, 0.717) is 10.3 Å². The Bertz CT molecular complexity index is 1420. The highest BCUT2D eigenvalue weighted by Crippen LogP contribution is 2.50. The molecule has 0 spiro atoms. The molecular formula is C27H30F3N2O8PS. The highest BCUT2D eigenvalue weighted by atomic mass is 32.5. The minimum Gasteiger partial charge on any atom is -0.462 e. The molecule has 2 aromatic rings. The second-order valence-electron chi connectivity index (χ2n) is 10.1. The number of allylic oxidation sites excluding steroid dienone is 1. The Morgan fingerprint density at radius 2 is 1.90 bits per heavy atom. The Labute approximate surface area is 245 Å². The zero-order valence-electron chi connectivity index (χ0n) is 22.8. The largest absolute Gasteiger partial charge is 0.462 e. The van der Waals surface area contributed by atoms with Gasteiger partial charge in [0.2, 0.25) is 5.91 Å². The summed E-state index contributed by atoms with van der Waals surface area (Å²) in [6, 6.07) is 11.0. The predicted octanol–water partition coefficient (Wildman–Crippen LogP) is 3.76. The summed E-state index contributed by atoms with van der Waals surface area (Å²) < 4.78 is 66.8. The Morgan fingerprint density at radius 1 is 1.21 bits per heavy atom. The van der Waals surface area contributed by atoms with E-state index in [1.165, 1.54) is 6.92 Å². The molecule has 6 atom stereocenters. The third-order valence-electron chi connectivity index (χ3n) is 6.58. The average molecular weight is 631 g/mol. The van der Waals surface area contributed by atoms with E-state index in [-0.39, 0.29) is 5.75 Å². The molecule has 0 saturated carbocycles. The first-order chi connectivity index (χ1) is 19.8. The van der Waals surface area contributed by atoms with Crippen molar-refractivity contribution in [2.75, 3.05) is 6.61 Å². The van der Waals surface area contributed by atoms with Gasteiger partial charge in [0, 0.05) is 11.6 Å². The molecule has 1 fully saturated rings. The van der Waals surface area contributed by atoms with Gasteiger partial charge in [-0.15, -0.1) is 0 Å². The fourth-order valence-electron chi connectivity index (χ4n) is 4.44. The summed E-state index contributed by atoms with van der Waals surface area (Å²) in [5.74, 6) is -1.96. The van der Waals surface area contributed by atoms with Crippen molar-refractivity contribution in [1.29, 1.82) is 0 Å². The molecule has 0 bridgehead atoms. The lowest BCUT2D eigenvalue weighted by Crippen LogP contribution is -2.52. The van der Waals surface area contributed by atoms with Gasteiger partial charge in [-0.2, -0.15) is 0 Å². The normalized spacial score (nSPS) is 26.6. The predicted molar refractivity (Wildman–Crippen MR) is 149 cm³/mol. The summed E-state index contributed by atoms with van der Waals surface area (Å²) in [7, 11) is 0. The summed E-state index contributed by atoms with van der Waals surface area (Å²) in [6.07, 6.45) is -9.65. The van der Waals surface area contributed by atoms with Gasteiger partial charge in [0.05, 0.1) is 19.1 Å². The maximum Gasteiger partial charge on any atom is 0.323 e. The number of hydrogen-bond acceptors (Lipinski definition) is 9. The zero-order valence-corrected chi connectivity index (χ0v) is 24.5. The van der Waals surface area contributed by atoms with Crippen LogP contribution in [0.1, 0.15) is 27.2 Å². The number of ether oxygens (including phenoxy) is 2. The van der Waals surface area contributed by atoms with Crippen LogP contribution in [-0.2, 0) is 40.2 Å². The molecule has 1 saturated heterocycles. The van der Waals surface area contributed by atoms with Crippen molar-refractivity contribution in [3.05, 3.63) is 54.7 Å². The van der Waals surface area contributed by atoms with Crippen LogP contribution in [0.25, 0.3) is 10.8 Å². The number of rotatable bonds is 11. The molecule has 0 aliphatic carbocycles. The molecule has 2 aliphatic heterocycles. The summed E-state index contributed by atoms with van der Waals surface area (Å²) in [5.41, 5.74) is -2.99. The summed E-state index contributed by atoms with van der Waals surface area (Å²) in [4.78, 5) is 37.1. The number of esters is 1. The van der Waals surface area contributed by atoms with Gasteiger partial charge in [-0.3, -0.25) is 19.3 Å². The zero-order chi connectivity index (χ0) is 30.8. The molecule has 2 heterocycles. The fraction of sp³-hybridized carbons (Fsp3) is 0.444. The molecular weight excluding hydrogens is 600 g/mol. The number of benzene rings is 2. The highest BCUT2D eigenvalue weighted by Gasteiger charge is 2.63. The lowest BCUT2D eigenvalue weighted by Gasteiger charge is -2.35. The van der Waals surface area contributed by atoms with E-state index < -0.39 is 80.0 Å². The molecule has 228 valence electrons. The number of amides is 1. The Kier molecular flexibility index (Phi) is 9.75. The number of nitrogens with zero attached hydrogens (tertiary/aromatic N) is 1. The van der Waals surface area contributed by atoms with E-state index >= 15 is 4.39 Å². The van der Waals surface area contributed by atoms with Crippen LogP contribution in [-0.4, -0.2) is 76.9 Å².